The molecule has 0 saturated carbocycles. The van der Waals surface area contributed by atoms with Gasteiger partial charge in [-0.1, -0.05) is 91.0 Å². The van der Waals surface area contributed by atoms with E-state index in [1.165, 1.54) is 17.9 Å². The van der Waals surface area contributed by atoms with Crippen molar-refractivity contribution in [3.05, 3.63) is 60.4 Å². The lowest BCUT2D eigenvalue weighted by Gasteiger charge is -2.35. The maximum atomic E-state index is 13.4. The first-order valence-corrected chi connectivity index (χ1v) is 24.4. The van der Waals surface area contributed by atoms with Gasteiger partial charge in [0.2, 0.25) is 6.41 Å². The monoisotopic (exact) mass is 947 g/mol. The van der Waals surface area contributed by atoms with E-state index in [4.69, 9.17) is 23.7 Å². The van der Waals surface area contributed by atoms with Gasteiger partial charge in [0.1, 0.15) is 24.4 Å². The quantitative estimate of drug-likeness (QED) is 0.0529. The Morgan fingerprint density at radius 3 is 2.19 bits per heavy atom. The molecule has 16 atom stereocenters. The number of hydrogen-bond acceptors (Lipinski definition) is 13. The molecule has 0 aromatic heterocycles. The number of methoxy groups -OCH3 is 2. The first-order chi connectivity index (χ1) is 31.5. The third-order valence-corrected chi connectivity index (χ3v) is 13.7. The topological polar surface area (TPSA) is 182 Å². The van der Waals surface area contributed by atoms with Gasteiger partial charge < -0.3 is 43.9 Å². The van der Waals surface area contributed by atoms with Crippen molar-refractivity contribution in [2.75, 3.05) is 35.4 Å². The third-order valence-electron chi connectivity index (χ3n) is 13.7. The smallest absolute Gasteiger partial charge is 0.331 e. The summed E-state index contributed by atoms with van der Waals surface area (Å²) in [6, 6.07) is -0.551. The maximum Gasteiger partial charge on any atom is 0.331 e. The minimum atomic E-state index is -0.940. The summed E-state index contributed by atoms with van der Waals surface area (Å²) in [5, 5.41) is 34.0. The molecule has 0 aliphatic carbocycles. The maximum absolute atomic E-state index is 13.4. The number of aliphatic hydroxyl groups excluding tert-OH is 3. The second kappa shape index (κ2) is 32.2. The fraction of sp³-hybridized carbons (Fsp3) is 0.736. The number of likely N-dealkylation sites (N-methyl/N-ethyl adjacent to an activating group) is 1. The van der Waals surface area contributed by atoms with E-state index in [0.29, 0.717) is 25.7 Å². The molecule has 3 N–H and O–H groups in total. The summed E-state index contributed by atoms with van der Waals surface area (Å²) in [6.07, 6.45) is 15.9. The van der Waals surface area contributed by atoms with Crippen molar-refractivity contribution >= 4 is 24.3 Å². The van der Waals surface area contributed by atoms with Crippen LogP contribution >= 0.6 is 0 Å². The largest absolute Gasteiger partial charge is 0.462 e. The SMILES string of the molecule is CO[C@H]1CC[C@@H](C)[C@@H](O)[C@H](C)[C@H](O)C/C=C\C=C/C(=O)O[C@H]([C@@H](C)[C@@H](O)[C@@H](C)CC[C@@H](OC(=O)[C@H](C)N(C)C)[C@H](C)[C@H](OC(C)=O)[C@H](C)/C=C/N(C)C=O)C/C=C\[C@H](OC)C[C@H](C)C/C=C\1C. The van der Waals surface area contributed by atoms with E-state index in [1.807, 2.05) is 53.7 Å². The Morgan fingerprint density at radius 2 is 1.60 bits per heavy atom. The summed E-state index contributed by atoms with van der Waals surface area (Å²) in [4.78, 5) is 53.5. The van der Waals surface area contributed by atoms with Crippen molar-refractivity contribution in [1.29, 1.82) is 0 Å². The molecule has 0 unspecified atom stereocenters. The highest BCUT2D eigenvalue weighted by molar-refractivity contribution is 5.82. The van der Waals surface area contributed by atoms with Crippen LogP contribution in [0.4, 0.5) is 0 Å². The molecule has 384 valence electrons. The number of amides is 1. The molecule has 1 rings (SSSR count). The predicted octanol–water partition coefficient (Wildman–Crippen LogP) is 7.61. The average molecular weight is 947 g/mol. The van der Waals surface area contributed by atoms with E-state index < -0.39 is 72.4 Å². The molecule has 0 spiro atoms. The molecule has 1 aliphatic heterocycles. The minimum Gasteiger partial charge on any atom is -0.462 e. The van der Waals surface area contributed by atoms with Gasteiger partial charge in [-0.15, -0.1) is 0 Å². The van der Waals surface area contributed by atoms with Crippen molar-refractivity contribution in [2.24, 2.45) is 41.4 Å². The Balaban J connectivity index is 3.50. The van der Waals surface area contributed by atoms with Crippen LogP contribution in [0, 0.1) is 41.4 Å². The molecule has 0 aromatic rings. The van der Waals surface area contributed by atoms with Gasteiger partial charge in [0.25, 0.3) is 0 Å². The summed E-state index contributed by atoms with van der Waals surface area (Å²) in [5.74, 6) is -3.39. The molecule has 14 nitrogen and oxygen atoms in total. The van der Waals surface area contributed by atoms with Gasteiger partial charge in [-0.2, -0.15) is 0 Å². The van der Waals surface area contributed by atoms with Crippen molar-refractivity contribution in [2.45, 2.75) is 175 Å². The normalized spacial score (nSPS) is 30.4. The number of cyclic esters (lactones) is 1. The summed E-state index contributed by atoms with van der Waals surface area (Å²) >= 11 is 0. The van der Waals surface area contributed by atoms with Crippen LogP contribution < -0.4 is 0 Å². The van der Waals surface area contributed by atoms with Crippen LogP contribution in [-0.2, 0) is 42.9 Å². The number of carbonyl (C=O) groups is 4. The Morgan fingerprint density at radius 1 is 0.925 bits per heavy atom. The number of carbonyl (C=O) groups excluding carboxylic acids is 4. The third kappa shape index (κ3) is 22.5. The van der Waals surface area contributed by atoms with Crippen LogP contribution in [0.25, 0.3) is 0 Å². The van der Waals surface area contributed by atoms with E-state index in [2.05, 4.69) is 19.9 Å². The Kier molecular flexibility index (Phi) is 29.5. The van der Waals surface area contributed by atoms with Gasteiger partial charge in [0, 0.05) is 70.6 Å². The van der Waals surface area contributed by atoms with Crippen LogP contribution in [0.15, 0.2) is 60.4 Å². The highest BCUT2D eigenvalue weighted by atomic mass is 16.6. The van der Waals surface area contributed by atoms with Gasteiger partial charge in [0.15, 0.2) is 0 Å². The van der Waals surface area contributed by atoms with E-state index >= 15 is 0 Å². The standard InChI is InChI=1S/C53H90N2O12/c1-34-24-25-35(2)46(64-15)28-26-36(3)50(60)39(6)45(58)21-17-16-18-23-49(59)66-47(22-19-20-44(32-34)63-14)40(7)51(61)37(4)27-29-48(67-53(62)42(9)54(11)12)41(8)52(65-43(10)57)38(5)30-31-55(13)33-56/h16-20,23,25,30-31,33-34,36-42,44-48,50-52,58,60-61H,21-22,24,26-29,32H2,1-15H3/b17-16-,20-19-,23-18-,31-30+,35-25-/t34-,36-,37+,38-,39-,40-,41+,42+,44+,45-,46+,47+,48-,50-,51+,52-/m1/s1. The lowest BCUT2D eigenvalue weighted by Crippen LogP contribution is -2.43. The van der Waals surface area contributed by atoms with Crippen LogP contribution in [-0.4, -0.2) is 140 Å². The highest BCUT2D eigenvalue weighted by Gasteiger charge is 2.37. The van der Waals surface area contributed by atoms with Gasteiger partial charge in [0.05, 0.1) is 30.5 Å². The van der Waals surface area contributed by atoms with Crippen LogP contribution in [0.3, 0.4) is 0 Å². The van der Waals surface area contributed by atoms with E-state index in [-0.39, 0.29) is 48.2 Å². The molecule has 14 heteroatoms. The lowest BCUT2D eigenvalue weighted by atomic mass is 9.82. The van der Waals surface area contributed by atoms with Crippen LogP contribution in [0.5, 0.6) is 0 Å². The van der Waals surface area contributed by atoms with Gasteiger partial charge >= 0.3 is 17.9 Å². The number of hydrogen-bond donors (Lipinski definition) is 3. The highest BCUT2D eigenvalue weighted by Crippen LogP contribution is 2.31. The average Bonchev–Trinajstić information content (AvgIpc) is 3.29. The van der Waals surface area contributed by atoms with Crippen molar-refractivity contribution in [3.8, 4) is 0 Å². The molecular weight excluding hydrogens is 857 g/mol. The zero-order valence-electron chi connectivity index (χ0n) is 43.6. The van der Waals surface area contributed by atoms with Gasteiger partial charge in [-0.05, 0) is 96.2 Å². The van der Waals surface area contributed by atoms with Crippen molar-refractivity contribution < 1.29 is 58.2 Å². The zero-order chi connectivity index (χ0) is 51.0. The van der Waals surface area contributed by atoms with Crippen molar-refractivity contribution in [1.82, 2.24) is 9.80 Å². The summed E-state index contributed by atoms with van der Waals surface area (Å²) < 4.78 is 29.8. The Hall–Kier alpha value is -3.66. The van der Waals surface area contributed by atoms with Gasteiger partial charge in [-0.3, -0.25) is 19.3 Å². The predicted molar refractivity (Wildman–Crippen MR) is 263 cm³/mol. The fourth-order valence-electron chi connectivity index (χ4n) is 8.43. The molecule has 1 amide bonds. The van der Waals surface area contributed by atoms with E-state index in [9.17, 15) is 34.5 Å². The molecule has 0 fully saturated rings. The summed E-state index contributed by atoms with van der Waals surface area (Å²) in [6.45, 7) is 18.6. The van der Waals surface area contributed by atoms with Crippen LogP contribution in [0.1, 0.15) is 121 Å². The number of nitrogens with zero attached hydrogens (tertiary/aromatic N) is 2. The van der Waals surface area contributed by atoms with Crippen LogP contribution in [0.2, 0.25) is 0 Å². The van der Waals surface area contributed by atoms with Crippen molar-refractivity contribution in [3.63, 3.8) is 0 Å². The number of aliphatic hydroxyl groups is 3. The Labute approximate surface area is 403 Å². The molecular formula is C53H90N2O12. The lowest BCUT2D eigenvalue weighted by molar-refractivity contribution is -0.165. The second-order valence-electron chi connectivity index (χ2n) is 19.6. The first kappa shape index (κ1) is 61.4. The zero-order valence-corrected chi connectivity index (χ0v) is 43.6. The molecule has 1 aliphatic rings. The summed E-state index contributed by atoms with van der Waals surface area (Å²) in [7, 11) is 8.54. The molecule has 0 aromatic carbocycles. The van der Waals surface area contributed by atoms with Gasteiger partial charge in [-0.25, -0.2) is 4.79 Å². The molecule has 0 radical (unpaired) electrons. The first-order valence-electron chi connectivity index (χ1n) is 24.4. The Bertz CT molecular complexity index is 1610. The number of allylic oxidation sites excluding steroid dienone is 3. The number of ether oxygens (including phenoxy) is 5. The molecule has 1 heterocycles. The van der Waals surface area contributed by atoms with E-state index in [0.717, 1.165) is 31.3 Å². The van der Waals surface area contributed by atoms with E-state index in [1.54, 1.807) is 77.7 Å². The number of esters is 3. The molecule has 0 bridgehead atoms. The summed E-state index contributed by atoms with van der Waals surface area (Å²) in [5.41, 5.74) is 1.13. The minimum absolute atomic E-state index is 0.0566. The fourth-order valence-corrected chi connectivity index (χ4v) is 8.43. The molecule has 0 saturated heterocycles. The number of rotatable bonds is 18. The molecule has 67 heavy (non-hydrogen) atoms. The second-order valence-corrected chi connectivity index (χ2v) is 19.6.